The number of rotatable bonds is 2. The minimum atomic E-state index is 0.154. The van der Waals surface area contributed by atoms with Crippen LogP contribution in [0.3, 0.4) is 0 Å². The van der Waals surface area contributed by atoms with Crippen LogP contribution in [0.5, 0.6) is 5.75 Å². The molecule has 0 unspecified atom stereocenters. The van der Waals surface area contributed by atoms with Crippen LogP contribution in [0.1, 0.15) is 25.5 Å². The molecule has 1 fully saturated rings. The number of ether oxygens (including phenoxy) is 1. The molecule has 1 saturated carbocycles. The Morgan fingerprint density at radius 3 is 2.64 bits per heavy atom. The first-order valence-electron chi connectivity index (χ1n) is 4.83. The maximum Gasteiger partial charge on any atom is 0.140 e. The van der Waals surface area contributed by atoms with E-state index in [1.807, 2.05) is 12.1 Å². The van der Waals surface area contributed by atoms with Gasteiger partial charge in [0.25, 0.3) is 0 Å². The number of nitrogens with zero attached hydrogens (tertiary/aromatic N) is 1. The molecule has 2 N–H and O–H groups in total. The van der Waals surface area contributed by atoms with Gasteiger partial charge in [-0.05, 0) is 17.5 Å². The highest BCUT2D eigenvalue weighted by molar-refractivity contribution is 5.39. The summed E-state index contributed by atoms with van der Waals surface area (Å²) in [5, 5.41) is 0. The molecule has 0 bridgehead atoms. The third kappa shape index (κ3) is 1.20. The standard InChI is InChI=1S/C11H16N2O/c1-11(2)8(10(11)12)9-7(14-3)5-4-6-13-9/h4-6,8,10H,12H2,1-3H3/t8-,10-/m0/s1. The van der Waals surface area contributed by atoms with Gasteiger partial charge in [0, 0.05) is 18.2 Å². The van der Waals surface area contributed by atoms with Crippen molar-refractivity contribution < 1.29 is 4.74 Å². The van der Waals surface area contributed by atoms with Crippen molar-refractivity contribution in [3.8, 4) is 5.75 Å². The minimum Gasteiger partial charge on any atom is -0.495 e. The van der Waals surface area contributed by atoms with Crippen LogP contribution in [0.2, 0.25) is 0 Å². The first-order valence-corrected chi connectivity index (χ1v) is 4.83. The molecule has 1 aliphatic carbocycles. The summed E-state index contributed by atoms with van der Waals surface area (Å²) in [5.41, 5.74) is 7.15. The van der Waals surface area contributed by atoms with Gasteiger partial charge in [0.1, 0.15) is 5.75 Å². The summed E-state index contributed by atoms with van der Waals surface area (Å²) in [7, 11) is 1.67. The second-order valence-electron chi connectivity index (χ2n) is 4.42. The first-order chi connectivity index (χ1) is 6.59. The summed E-state index contributed by atoms with van der Waals surface area (Å²) in [5.74, 6) is 1.18. The van der Waals surface area contributed by atoms with Crippen LogP contribution in [-0.4, -0.2) is 18.1 Å². The fourth-order valence-corrected chi connectivity index (χ4v) is 2.01. The van der Waals surface area contributed by atoms with Gasteiger partial charge in [-0.2, -0.15) is 0 Å². The van der Waals surface area contributed by atoms with E-state index in [-0.39, 0.29) is 11.5 Å². The number of hydrogen-bond donors (Lipinski definition) is 1. The monoisotopic (exact) mass is 192 g/mol. The van der Waals surface area contributed by atoms with Gasteiger partial charge >= 0.3 is 0 Å². The third-order valence-corrected chi connectivity index (χ3v) is 3.22. The van der Waals surface area contributed by atoms with E-state index in [9.17, 15) is 0 Å². The van der Waals surface area contributed by atoms with Crippen molar-refractivity contribution >= 4 is 0 Å². The SMILES string of the molecule is COc1cccnc1[C@H]1[C@H](N)C1(C)C. The van der Waals surface area contributed by atoms with Crippen molar-refractivity contribution in [3.05, 3.63) is 24.0 Å². The Kier molecular flexibility index (Phi) is 2.00. The predicted molar refractivity (Wildman–Crippen MR) is 55.3 cm³/mol. The van der Waals surface area contributed by atoms with Crippen molar-refractivity contribution in [1.29, 1.82) is 0 Å². The van der Waals surface area contributed by atoms with Crippen molar-refractivity contribution in [3.63, 3.8) is 0 Å². The molecule has 0 amide bonds. The zero-order valence-electron chi connectivity index (χ0n) is 8.82. The van der Waals surface area contributed by atoms with Gasteiger partial charge in [-0.15, -0.1) is 0 Å². The molecule has 3 heteroatoms. The molecule has 2 atom stereocenters. The molecule has 3 nitrogen and oxygen atoms in total. The van der Waals surface area contributed by atoms with Gasteiger partial charge in [0.05, 0.1) is 12.8 Å². The van der Waals surface area contributed by atoms with Crippen LogP contribution in [0, 0.1) is 5.41 Å². The van der Waals surface area contributed by atoms with E-state index in [1.165, 1.54) is 0 Å². The van der Waals surface area contributed by atoms with E-state index in [1.54, 1.807) is 13.3 Å². The van der Waals surface area contributed by atoms with E-state index in [0.717, 1.165) is 11.4 Å². The lowest BCUT2D eigenvalue weighted by molar-refractivity contribution is 0.404. The summed E-state index contributed by atoms with van der Waals surface area (Å²) < 4.78 is 5.27. The largest absolute Gasteiger partial charge is 0.495 e. The quantitative estimate of drug-likeness (QED) is 0.773. The summed E-state index contributed by atoms with van der Waals surface area (Å²) in [6.07, 6.45) is 1.79. The van der Waals surface area contributed by atoms with Crippen molar-refractivity contribution in [1.82, 2.24) is 4.98 Å². The van der Waals surface area contributed by atoms with Crippen molar-refractivity contribution in [2.24, 2.45) is 11.1 Å². The molecule has 1 aromatic rings. The molecule has 2 rings (SSSR count). The Morgan fingerprint density at radius 1 is 1.50 bits per heavy atom. The molecule has 14 heavy (non-hydrogen) atoms. The van der Waals surface area contributed by atoms with Crippen molar-refractivity contribution in [2.45, 2.75) is 25.8 Å². The third-order valence-electron chi connectivity index (χ3n) is 3.22. The maximum atomic E-state index is 6.00. The van der Waals surface area contributed by atoms with Crippen LogP contribution in [0.15, 0.2) is 18.3 Å². The van der Waals surface area contributed by atoms with Gasteiger partial charge in [-0.1, -0.05) is 13.8 Å². The Bertz CT molecular complexity index is 349. The van der Waals surface area contributed by atoms with Crippen LogP contribution >= 0.6 is 0 Å². The average molecular weight is 192 g/mol. The van der Waals surface area contributed by atoms with Gasteiger partial charge in [0.15, 0.2) is 0 Å². The second-order valence-corrected chi connectivity index (χ2v) is 4.42. The Balaban J connectivity index is 2.34. The number of methoxy groups -OCH3 is 1. The average Bonchev–Trinajstić information content (AvgIpc) is 2.66. The molecular weight excluding hydrogens is 176 g/mol. The highest BCUT2D eigenvalue weighted by Crippen LogP contribution is 2.58. The molecule has 0 aromatic carbocycles. The van der Waals surface area contributed by atoms with Crippen LogP contribution < -0.4 is 10.5 Å². The van der Waals surface area contributed by atoms with Crippen molar-refractivity contribution in [2.75, 3.05) is 7.11 Å². The lowest BCUT2D eigenvalue weighted by Crippen LogP contribution is -2.06. The number of aromatic nitrogens is 1. The summed E-state index contributed by atoms with van der Waals surface area (Å²) >= 11 is 0. The Labute approximate surface area is 84.3 Å². The van der Waals surface area contributed by atoms with Gasteiger partial charge < -0.3 is 10.5 Å². The summed E-state index contributed by atoms with van der Waals surface area (Å²) in [6.45, 7) is 4.33. The predicted octanol–water partition coefficient (Wildman–Crippen LogP) is 1.54. The second kappa shape index (κ2) is 2.95. The van der Waals surface area contributed by atoms with Gasteiger partial charge in [0.2, 0.25) is 0 Å². The molecule has 1 heterocycles. The van der Waals surface area contributed by atoms with E-state index in [2.05, 4.69) is 18.8 Å². The Morgan fingerprint density at radius 2 is 2.14 bits per heavy atom. The summed E-state index contributed by atoms with van der Waals surface area (Å²) in [4.78, 5) is 4.35. The number of pyridine rings is 1. The molecule has 1 aliphatic rings. The lowest BCUT2D eigenvalue weighted by Gasteiger charge is -2.07. The molecule has 1 aromatic heterocycles. The maximum absolute atomic E-state index is 6.00. The lowest BCUT2D eigenvalue weighted by atomic mass is 10.1. The summed E-state index contributed by atoms with van der Waals surface area (Å²) in [6, 6.07) is 4.01. The first kappa shape index (κ1) is 9.46. The fourth-order valence-electron chi connectivity index (χ4n) is 2.01. The molecule has 0 saturated heterocycles. The molecular formula is C11H16N2O. The number of nitrogens with two attached hydrogens (primary N) is 1. The highest BCUT2D eigenvalue weighted by atomic mass is 16.5. The van der Waals surface area contributed by atoms with Crippen LogP contribution in [0.25, 0.3) is 0 Å². The van der Waals surface area contributed by atoms with Gasteiger partial charge in [-0.25, -0.2) is 0 Å². The smallest absolute Gasteiger partial charge is 0.140 e. The highest BCUT2D eigenvalue weighted by Gasteiger charge is 2.58. The minimum absolute atomic E-state index is 0.154. The topological polar surface area (TPSA) is 48.1 Å². The molecule has 76 valence electrons. The van der Waals surface area contributed by atoms with Crippen LogP contribution in [0.4, 0.5) is 0 Å². The normalized spacial score (nSPS) is 28.6. The fraction of sp³-hybridized carbons (Fsp3) is 0.545. The zero-order chi connectivity index (χ0) is 10.3. The van der Waals surface area contributed by atoms with E-state index in [0.29, 0.717) is 5.92 Å². The number of hydrogen-bond acceptors (Lipinski definition) is 3. The molecule has 0 spiro atoms. The van der Waals surface area contributed by atoms with Crippen LogP contribution in [-0.2, 0) is 0 Å². The molecule has 0 radical (unpaired) electrons. The molecule has 0 aliphatic heterocycles. The van der Waals surface area contributed by atoms with E-state index in [4.69, 9.17) is 10.5 Å². The zero-order valence-corrected chi connectivity index (χ0v) is 8.82. The van der Waals surface area contributed by atoms with E-state index < -0.39 is 0 Å². The van der Waals surface area contributed by atoms with E-state index >= 15 is 0 Å². The van der Waals surface area contributed by atoms with Gasteiger partial charge in [-0.3, -0.25) is 4.98 Å². The Hall–Kier alpha value is -1.09.